The van der Waals surface area contributed by atoms with Crippen LogP contribution in [0, 0.1) is 0 Å². The Hall–Kier alpha value is -1.10. The number of pyridine rings is 1. The van der Waals surface area contributed by atoms with Crippen molar-refractivity contribution >= 4 is 0 Å². The van der Waals surface area contributed by atoms with E-state index >= 15 is 0 Å². The Balaban J connectivity index is 2.80. The van der Waals surface area contributed by atoms with Crippen molar-refractivity contribution in [3.8, 4) is 0 Å². The molecule has 1 rings (SSSR count). The Kier molecular flexibility index (Phi) is 3.57. The zero-order valence-electron chi connectivity index (χ0n) is 9.52. The van der Waals surface area contributed by atoms with Crippen LogP contribution in [-0.4, -0.2) is 17.6 Å². The molecule has 0 spiro atoms. The van der Waals surface area contributed by atoms with Gasteiger partial charge in [-0.1, -0.05) is 6.07 Å². The van der Waals surface area contributed by atoms with Gasteiger partial charge >= 0.3 is 6.18 Å². The predicted molar refractivity (Wildman–Crippen MR) is 56.1 cm³/mol. The molecule has 0 bridgehead atoms. The Morgan fingerprint density at radius 2 is 1.88 bits per heavy atom. The molecule has 0 aliphatic rings. The molecule has 16 heavy (non-hydrogen) atoms. The standard InChI is InChI=1S/C11H15F3N2/c1-10(2,15-3)6-8-4-5-9(16-7-8)11(12,13)14/h4-5,7,15H,6H2,1-3H3. The first-order valence-electron chi connectivity index (χ1n) is 4.96. The van der Waals surface area contributed by atoms with E-state index in [1.54, 1.807) is 0 Å². The highest BCUT2D eigenvalue weighted by molar-refractivity contribution is 5.17. The first-order chi connectivity index (χ1) is 7.24. The van der Waals surface area contributed by atoms with Crippen LogP contribution in [0.4, 0.5) is 13.2 Å². The highest BCUT2D eigenvalue weighted by atomic mass is 19.4. The fourth-order valence-corrected chi connectivity index (χ4v) is 1.30. The second-order valence-corrected chi connectivity index (χ2v) is 4.36. The van der Waals surface area contributed by atoms with Crippen molar-refractivity contribution in [1.29, 1.82) is 0 Å². The Bertz CT molecular complexity index is 341. The molecule has 0 atom stereocenters. The molecule has 0 aliphatic heterocycles. The van der Waals surface area contributed by atoms with Crippen LogP contribution >= 0.6 is 0 Å². The minimum Gasteiger partial charge on any atom is -0.314 e. The summed E-state index contributed by atoms with van der Waals surface area (Å²) in [6.45, 7) is 3.95. The molecular weight excluding hydrogens is 217 g/mol. The quantitative estimate of drug-likeness (QED) is 0.866. The van der Waals surface area contributed by atoms with Crippen LogP contribution in [0.1, 0.15) is 25.1 Å². The number of aromatic nitrogens is 1. The molecule has 0 saturated heterocycles. The second-order valence-electron chi connectivity index (χ2n) is 4.36. The maximum Gasteiger partial charge on any atom is 0.433 e. The van der Waals surface area contributed by atoms with E-state index in [0.29, 0.717) is 6.42 Å². The van der Waals surface area contributed by atoms with Crippen molar-refractivity contribution < 1.29 is 13.2 Å². The number of hydrogen-bond donors (Lipinski definition) is 1. The fourth-order valence-electron chi connectivity index (χ4n) is 1.30. The smallest absolute Gasteiger partial charge is 0.314 e. The number of likely N-dealkylation sites (N-methyl/N-ethyl adjacent to an activating group) is 1. The predicted octanol–water partition coefficient (Wildman–Crippen LogP) is 2.64. The monoisotopic (exact) mass is 232 g/mol. The molecule has 1 heterocycles. The number of nitrogens with one attached hydrogen (secondary N) is 1. The minimum atomic E-state index is -4.36. The van der Waals surface area contributed by atoms with Crippen molar-refractivity contribution in [2.24, 2.45) is 0 Å². The maximum atomic E-state index is 12.2. The van der Waals surface area contributed by atoms with Crippen LogP contribution < -0.4 is 5.32 Å². The average molecular weight is 232 g/mol. The topological polar surface area (TPSA) is 24.9 Å². The summed E-state index contributed by atoms with van der Waals surface area (Å²) in [4.78, 5) is 3.42. The van der Waals surface area contributed by atoms with E-state index in [2.05, 4.69) is 10.3 Å². The molecule has 0 unspecified atom stereocenters. The van der Waals surface area contributed by atoms with E-state index in [4.69, 9.17) is 0 Å². The van der Waals surface area contributed by atoms with Crippen molar-refractivity contribution in [2.75, 3.05) is 7.05 Å². The average Bonchev–Trinajstić information content (AvgIpc) is 2.16. The van der Waals surface area contributed by atoms with Gasteiger partial charge in [-0.2, -0.15) is 13.2 Å². The Morgan fingerprint density at radius 3 is 2.25 bits per heavy atom. The molecule has 0 radical (unpaired) electrons. The van der Waals surface area contributed by atoms with Crippen LogP contribution in [-0.2, 0) is 12.6 Å². The van der Waals surface area contributed by atoms with E-state index in [1.807, 2.05) is 20.9 Å². The van der Waals surface area contributed by atoms with Crippen LogP contribution in [0.5, 0.6) is 0 Å². The summed E-state index contributed by atoms with van der Waals surface area (Å²) in [5.41, 5.74) is -0.215. The summed E-state index contributed by atoms with van der Waals surface area (Å²) >= 11 is 0. The van der Waals surface area contributed by atoms with Crippen molar-refractivity contribution in [2.45, 2.75) is 32.0 Å². The van der Waals surface area contributed by atoms with Crippen molar-refractivity contribution in [3.63, 3.8) is 0 Å². The van der Waals surface area contributed by atoms with Gasteiger partial charge in [0.05, 0.1) is 0 Å². The largest absolute Gasteiger partial charge is 0.433 e. The molecule has 0 aromatic carbocycles. The van der Waals surface area contributed by atoms with Gasteiger partial charge < -0.3 is 5.32 Å². The summed E-state index contributed by atoms with van der Waals surface area (Å²) in [7, 11) is 1.82. The molecule has 1 aromatic heterocycles. The second kappa shape index (κ2) is 4.41. The number of halogens is 3. The van der Waals surface area contributed by atoms with Gasteiger partial charge in [0.15, 0.2) is 0 Å². The number of nitrogens with zero attached hydrogens (tertiary/aromatic N) is 1. The third-order valence-electron chi connectivity index (χ3n) is 2.44. The molecule has 0 saturated carbocycles. The van der Waals surface area contributed by atoms with Crippen LogP contribution in [0.25, 0.3) is 0 Å². The summed E-state index contributed by atoms with van der Waals surface area (Å²) in [5, 5.41) is 3.08. The van der Waals surface area contributed by atoms with Crippen molar-refractivity contribution in [3.05, 3.63) is 29.6 Å². The van der Waals surface area contributed by atoms with E-state index in [1.165, 1.54) is 12.3 Å². The number of hydrogen-bond acceptors (Lipinski definition) is 2. The molecular formula is C11H15F3N2. The molecule has 5 heteroatoms. The molecule has 1 N–H and O–H groups in total. The van der Waals surface area contributed by atoms with Crippen LogP contribution in [0.2, 0.25) is 0 Å². The lowest BCUT2D eigenvalue weighted by Crippen LogP contribution is -2.38. The van der Waals surface area contributed by atoms with Gasteiger partial charge in [-0.25, -0.2) is 0 Å². The maximum absolute atomic E-state index is 12.2. The minimum absolute atomic E-state index is 0.151. The Morgan fingerprint density at radius 1 is 1.25 bits per heavy atom. The molecule has 0 amide bonds. The van der Waals surface area contributed by atoms with Gasteiger partial charge in [-0.15, -0.1) is 0 Å². The lowest BCUT2D eigenvalue weighted by molar-refractivity contribution is -0.141. The van der Waals surface area contributed by atoms with Gasteiger partial charge in [0.25, 0.3) is 0 Å². The van der Waals surface area contributed by atoms with E-state index < -0.39 is 11.9 Å². The zero-order valence-corrected chi connectivity index (χ0v) is 9.52. The van der Waals surface area contributed by atoms with Gasteiger partial charge in [0.2, 0.25) is 0 Å². The van der Waals surface area contributed by atoms with Gasteiger partial charge in [0, 0.05) is 11.7 Å². The third kappa shape index (κ3) is 3.48. The Labute approximate surface area is 92.9 Å². The first kappa shape index (κ1) is 13.0. The highest BCUT2D eigenvalue weighted by Gasteiger charge is 2.32. The summed E-state index contributed by atoms with van der Waals surface area (Å²) in [5.74, 6) is 0. The van der Waals surface area contributed by atoms with Crippen LogP contribution in [0.15, 0.2) is 18.3 Å². The lowest BCUT2D eigenvalue weighted by atomic mass is 9.96. The van der Waals surface area contributed by atoms with E-state index in [9.17, 15) is 13.2 Å². The highest BCUT2D eigenvalue weighted by Crippen LogP contribution is 2.27. The SMILES string of the molecule is CNC(C)(C)Cc1ccc(C(F)(F)F)nc1. The first-order valence-corrected chi connectivity index (χ1v) is 4.96. The molecule has 0 fully saturated rings. The fraction of sp³-hybridized carbons (Fsp3) is 0.545. The van der Waals surface area contributed by atoms with Gasteiger partial charge in [0.1, 0.15) is 5.69 Å². The van der Waals surface area contributed by atoms with E-state index in [0.717, 1.165) is 11.6 Å². The molecule has 90 valence electrons. The summed E-state index contributed by atoms with van der Waals surface area (Å²) < 4.78 is 36.7. The molecule has 0 aliphatic carbocycles. The van der Waals surface area contributed by atoms with E-state index in [-0.39, 0.29) is 5.54 Å². The van der Waals surface area contributed by atoms with Gasteiger partial charge in [-0.05, 0) is 38.9 Å². The molecule has 1 aromatic rings. The number of alkyl halides is 3. The summed E-state index contributed by atoms with van der Waals surface area (Å²) in [6, 6.07) is 2.48. The normalized spacial score (nSPS) is 12.9. The zero-order chi connectivity index (χ0) is 12.4. The lowest BCUT2D eigenvalue weighted by Gasteiger charge is -2.23. The number of rotatable bonds is 3. The van der Waals surface area contributed by atoms with Crippen LogP contribution in [0.3, 0.4) is 0 Å². The molecule has 2 nitrogen and oxygen atoms in total. The van der Waals surface area contributed by atoms with Gasteiger partial charge in [-0.3, -0.25) is 4.98 Å². The summed E-state index contributed by atoms with van der Waals surface area (Å²) in [6.07, 6.45) is -2.45. The van der Waals surface area contributed by atoms with Crippen molar-refractivity contribution in [1.82, 2.24) is 10.3 Å². The third-order valence-corrected chi connectivity index (χ3v) is 2.44.